The summed E-state index contributed by atoms with van der Waals surface area (Å²) in [5.41, 5.74) is 5.68. The van der Waals surface area contributed by atoms with Crippen LogP contribution in [-0.4, -0.2) is 30.6 Å². The van der Waals surface area contributed by atoms with Crippen molar-refractivity contribution < 1.29 is 1.43 Å². The molecule has 1 unspecified atom stereocenters. The Balaban J connectivity index is 0. The third kappa shape index (κ3) is 5.56. The first-order valence-corrected chi connectivity index (χ1v) is 5.27. The molecule has 1 heterocycles. The number of piperidine rings is 1. The molecule has 2 nitrogen and oxygen atoms in total. The Bertz CT molecular complexity index is 90.9. The van der Waals surface area contributed by atoms with Gasteiger partial charge < -0.3 is 10.6 Å². The predicted octanol–water partition coefficient (Wildman–Crippen LogP) is 2.09. The van der Waals surface area contributed by atoms with Crippen molar-refractivity contribution in [2.45, 2.75) is 46.1 Å². The molecule has 1 saturated heterocycles. The van der Waals surface area contributed by atoms with Crippen molar-refractivity contribution in [3.63, 3.8) is 0 Å². The van der Waals surface area contributed by atoms with E-state index in [9.17, 15) is 0 Å². The Hall–Kier alpha value is -0.0800. The zero-order valence-corrected chi connectivity index (χ0v) is 8.84. The van der Waals surface area contributed by atoms with Crippen LogP contribution >= 0.6 is 0 Å². The molecular weight excluding hydrogens is 148 g/mol. The van der Waals surface area contributed by atoms with Crippen molar-refractivity contribution in [2.75, 3.05) is 19.6 Å². The SMILES string of the molecule is CC.CC(N)CN1CCCCC1.[HH]. The Morgan fingerprint density at radius 1 is 1.25 bits per heavy atom. The van der Waals surface area contributed by atoms with Gasteiger partial charge in [-0.15, -0.1) is 0 Å². The fourth-order valence-corrected chi connectivity index (χ4v) is 1.55. The highest BCUT2D eigenvalue weighted by Gasteiger charge is 2.10. The summed E-state index contributed by atoms with van der Waals surface area (Å²) in [5.74, 6) is 0. The van der Waals surface area contributed by atoms with Gasteiger partial charge >= 0.3 is 0 Å². The minimum absolute atomic E-state index is 0. The molecule has 0 aromatic carbocycles. The molecule has 2 N–H and O–H groups in total. The third-order valence-corrected chi connectivity index (χ3v) is 1.99. The Morgan fingerprint density at radius 2 is 1.75 bits per heavy atom. The lowest BCUT2D eigenvalue weighted by molar-refractivity contribution is 0.219. The van der Waals surface area contributed by atoms with Gasteiger partial charge in [0.15, 0.2) is 0 Å². The number of likely N-dealkylation sites (tertiary alicyclic amines) is 1. The first-order valence-electron chi connectivity index (χ1n) is 5.27. The lowest BCUT2D eigenvalue weighted by atomic mass is 10.1. The van der Waals surface area contributed by atoms with Crippen LogP contribution in [0.4, 0.5) is 0 Å². The monoisotopic (exact) mass is 174 g/mol. The summed E-state index contributed by atoms with van der Waals surface area (Å²) in [6, 6.07) is 0.345. The number of nitrogens with zero attached hydrogens (tertiary/aromatic N) is 1. The lowest BCUT2D eigenvalue weighted by Crippen LogP contribution is -2.38. The van der Waals surface area contributed by atoms with E-state index in [2.05, 4.69) is 11.8 Å². The number of hydrogen-bond donors (Lipinski definition) is 1. The van der Waals surface area contributed by atoms with Crippen LogP contribution in [0.3, 0.4) is 0 Å². The van der Waals surface area contributed by atoms with Crippen molar-refractivity contribution in [3.05, 3.63) is 0 Å². The molecule has 0 bridgehead atoms. The molecule has 0 aromatic rings. The largest absolute Gasteiger partial charge is 0.327 e. The summed E-state index contributed by atoms with van der Waals surface area (Å²) in [5, 5.41) is 0. The van der Waals surface area contributed by atoms with Gasteiger partial charge in [0.1, 0.15) is 0 Å². The van der Waals surface area contributed by atoms with Gasteiger partial charge in [0.05, 0.1) is 0 Å². The molecule has 2 heteroatoms. The molecule has 0 amide bonds. The van der Waals surface area contributed by atoms with E-state index >= 15 is 0 Å². The molecule has 0 spiro atoms. The van der Waals surface area contributed by atoms with Crippen LogP contribution in [0, 0.1) is 0 Å². The summed E-state index contributed by atoms with van der Waals surface area (Å²) in [6.45, 7) is 9.69. The highest BCUT2D eigenvalue weighted by molar-refractivity contribution is 4.67. The van der Waals surface area contributed by atoms with Gasteiger partial charge in [0.25, 0.3) is 0 Å². The van der Waals surface area contributed by atoms with Gasteiger partial charge in [0, 0.05) is 14.0 Å². The average molecular weight is 174 g/mol. The molecule has 1 aliphatic heterocycles. The average Bonchev–Trinajstić information content (AvgIpc) is 2.08. The first kappa shape index (κ1) is 11.9. The minimum atomic E-state index is 0. The van der Waals surface area contributed by atoms with Crippen molar-refractivity contribution >= 4 is 0 Å². The van der Waals surface area contributed by atoms with Crippen LogP contribution < -0.4 is 5.73 Å². The normalized spacial score (nSPS) is 21.0. The molecule has 76 valence electrons. The molecule has 0 aromatic heterocycles. The van der Waals surface area contributed by atoms with Crippen molar-refractivity contribution in [1.29, 1.82) is 0 Å². The maximum Gasteiger partial charge on any atom is 0.0139 e. The quantitative estimate of drug-likeness (QED) is 0.694. The van der Waals surface area contributed by atoms with Gasteiger partial charge in [0.2, 0.25) is 0 Å². The second kappa shape index (κ2) is 7.56. The van der Waals surface area contributed by atoms with Crippen LogP contribution in [0.15, 0.2) is 0 Å². The minimum Gasteiger partial charge on any atom is -0.327 e. The zero-order chi connectivity index (χ0) is 9.40. The smallest absolute Gasteiger partial charge is 0.0139 e. The Morgan fingerprint density at radius 3 is 2.17 bits per heavy atom. The molecule has 0 radical (unpaired) electrons. The van der Waals surface area contributed by atoms with E-state index in [1.807, 2.05) is 13.8 Å². The fraction of sp³-hybridized carbons (Fsp3) is 1.00. The maximum atomic E-state index is 5.68. The number of rotatable bonds is 2. The van der Waals surface area contributed by atoms with Gasteiger partial charge in [-0.2, -0.15) is 0 Å². The summed E-state index contributed by atoms with van der Waals surface area (Å²) >= 11 is 0. The summed E-state index contributed by atoms with van der Waals surface area (Å²) in [4.78, 5) is 2.47. The molecule has 1 aliphatic rings. The highest BCUT2D eigenvalue weighted by Crippen LogP contribution is 2.07. The molecule has 1 atom stereocenters. The highest BCUT2D eigenvalue weighted by atomic mass is 15.1. The summed E-state index contributed by atoms with van der Waals surface area (Å²) in [7, 11) is 0. The van der Waals surface area contributed by atoms with Crippen molar-refractivity contribution in [1.82, 2.24) is 4.90 Å². The first-order chi connectivity index (χ1) is 5.79. The fourth-order valence-electron chi connectivity index (χ4n) is 1.55. The third-order valence-electron chi connectivity index (χ3n) is 1.99. The molecule has 12 heavy (non-hydrogen) atoms. The van der Waals surface area contributed by atoms with E-state index in [4.69, 9.17) is 5.73 Å². The zero-order valence-electron chi connectivity index (χ0n) is 8.84. The van der Waals surface area contributed by atoms with E-state index in [1.54, 1.807) is 0 Å². The van der Waals surface area contributed by atoms with Gasteiger partial charge in [-0.1, -0.05) is 20.3 Å². The molecule has 0 aliphatic carbocycles. The lowest BCUT2D eigenvalue weighted by Gasteiger charge is -2.27. The number of hydrogen-bond acceptors (Lipinski definition) is 2. The van der Waals surface area contributed by atoms with E-state index in [0.29, 0.717) is 6.04 Å². The van der Waals surface area contributed by atoms with Crippen LogP contribution in [0.1, 0.15) is 41.5 Å². The van der Waals surface area contributed by atoms with Crippen molar-refractivity contribution in [2.24, 2.45) is 5.73 Å². The van der Waals surface area contributed by atoms with E-state index in [0.717, 1.165) is 6.54 Å². The van der Waals surface area contributed by atoms with Crippen LogP contribution in [0.5, 0.6) is 0 Å². The second-order valence-electron chi connectivity index (χ2n) is 3.34. The molecule has 0 saturated carbocycles. The van der Waals surface area contributed by atoms with Crippen molar-refractivity contribution in [3.8, 4) is 0 Å². The molecule has 1 fully saturated rings. The van der Waals surface area contributed by atoms with E-state index in [1.165, 1.54) is 32.4 Å². The number of nitrogens with two attached hydrogens (primary N) is 1. The standard InChI is InChI=1S/C8H18N2.C2H6.H2/c1-8(9)7-10-5-3-2-4-6-10;1-2;/h8H,2-7,9H2,1H3;1-2H3;1H. The molecule has 1 rings (SSSR count). The summed E-state index contributed by atoms with van der Waals surface area (Å²) < 4.78 is 0. The van der Waals surface area contributed by atoms with Gasteiger partial charge in [-0.05, 0) is 32.9 Å². The van der Waals surface area contributed by atoms with E-state index in [-0.39, 0.29) is 1.43 Å². The van der Waals surface area contributed by atoms with Crippen LogP contribution in [-0.2, 0) is 0 Å². The van der Waals surface area contributed by atoms with Crippen LogP contribution in [0.25, 0.3) is 0 Å². The molecular formula is C10H26N2. The Labute approximate surface area is 78.6 Å². The van der Waals surface area contributed by atoms with Crippen LogP contribution in [0.2, 0.25) is 0 Å². The van der Waals surface area contributed by atoms with E-state index < -0.39 is 0 Å². The second-order valence-corrected chi connectivity index (χ2v) is 3.34. The predicted molar refractivity (Wildman–Crippen MR) is 57.4 cm³/mol. The maximum absolute atomic E-state index is 5.68. The summed E-state index contributed by atoms with van der Waals surface area (Å²) in [6.07, 6.45) is 4.15. The Kier molecular flexibility index (Phi) is 7.51. The van der Waals surface area contributed by atoms with Gasteiger partial charge in [-0.25, -0.2) is 0 Å². The van der Waals surface area contributed by atoms with Gasteiger partial charge in [-0.3, -0.25) is 0 Å². The topological polar surface area (TPSA) is 29.3 Å².